The van der Waals surface area contributed by atoms with Crippen LogP contribution in [0.1, 0.15) is 21.6 Å². The number of hydrogen-bond donors (Lipinski definition) is 0. The lowest BCUT2D eigenvalue weighted by atomic mass is 10.1. The minimum atomic E-state index is -0.262. The molecule has 0 aliphatic carbocycles. The maximum Gasteiger partial charge on any atom is 0.264 e. The number of nitrogens with zero attached hydrogens (tertiary/aromatic N) is 3. The van der Waals surface area contributed by atoms with Crippen molar-refractivity contribution in [1.82, 2.24) is 9.97 Å². The van der Waals surface area contributed by atoms with E-state index < -0.39 is 0 Å². The van der Waals surface area contributed by atoms with Crippen molar-refractivity contribution in [3.63, 3.8) is 0 Å². The summed E-state index contributed by atoms with van der Waals surface area (Å²) in [7, 11) is 4.71. The minimum absolute atomic E-state index is 0.251. The molecule has 7 nitrogen and oxygen atoms in total. The van der Waals surface area contributed by atoms with Crippen LogP contribution < -0.4 is 19.1 Å². The van der Waals surface area contributed by atoms with Crippen molar-refractivity contribution in [2.24, 2.45) is 0 Å². The second-order valence-corrected chi connectivity index (χ2v) is 8.01. The van der Waals surface area contributed by atoms with E-state index in [0.29, 0.717) is 27.9 Å². The Balaban J connectivity index is 1.86. The molecule has 0 bridgehead atoms. The second-order valence-electron chi connectivity index (χ2n) is 7.04. The molecule has 0 radical (unpaired) electrons. The monoisotopic (exact) mass is 449 g/mol. The average Bonchev–Trinajstić information content (AvgIpc) is 3.28. The number of anilines is 1. The zero-order chi connectivity index (χ0) is 22.7. The summed E-state index contributed by atoms with van der Waals surface area (Å²) in [5, 5.41) is 0.549. The van der Waals surface area contributed by atoms with E-state index in [1.165, 1.54) is 18.4 Å². The highest BCUT2D eigenvalue weighted by atomic mass is 32.1. The predicted molar refractivity (Wildman–Crippen MR) is 125 cm³/mol. The predicted octanol–water partition coefficient (Wildman–Crippen LogP) is 4.87. The summed E-state index contributed by atoms with van der Waals surface area (Å²) >= 11 is 1.44. The fraction of sp³-hybridized carbons (Fsp3) is 0.208. The summed E-state index contributed by atoms with van der Waals surface area (Å²) in [4.78, 5) is 24.6. The van der Waals surface area contributed by atoms with Gasteiger partial charge in [-0.25, -0.2) is 4.98 Å². The molecule has 8 heteroatoms. The van der Waals surface area contributed by atoms with Gasteiger partial charge in [0.15, 0.2) is 5.13 Å². The Kier molecular flexibility index (Phi) is 6.23. The van der Waals surface area contributed by atoms with E-state index in [2.05, 4.69) is 4.98 Å². The first-order valence-electron chi connectivity index (χ1n) is 9.93. The molecule has 2 aromatic carbocycles. The molecule has 0 atom stereocenters. The molecule has 0 N–H and O–H groups in total. The van der Waals surface area contributed by atoms with Gasteiger partial charge in [-0.2, -0.15) is 0 Å². The Bertz CT molecular complexity index is 1260. The van der Waals surface area contributed by atoms with E-state index in [1.54, 1.807) is 43.5 Å². The smallest absolute Gasteiger partial charge is 0.264 e. The van der Waals surface area contributed by atoms with Gasteiger partial charge in [0.1, 0.15) is 22.8 Å². The number of aryl methyl sites for hydroxylation is 1. The second kappa shape index (κ2) is 9.23. The lowest BCUT2D eigenvalue weighted by molar-refractivity contribution is 0.0981. The number of rotatable bonds is 7. The van der Waals surface area contributed by atoms with Crippen molar-refractivity contribution in [2.75, 3.05) is 26.2 Å². The number of aromatic nitrogens is 2. The average molecular weight is 450 g/mol. The number of methoxy groups -OCH3 is 3. The normalized spacial score (nSPS) is 10.8. The van der Waals surface area contributed by atoms with Crippen LogP contribution in [0, 0.1) is 6.92 Å². The van der Waals surface area contributed by atoms with E-state index in [-0.39, 0.29) is 12.5 Å². The third-order valence-electron chi connectivity index (χ3n) is 5.07. The summed E-state index contributed by atoms with van der Waals surface area (Å²) in [6.45, 7) is 2.26. The summed E-state index contributed by atoms with van der Waals surface area (Å²) in [6, 6.07) is 14.6. The van der Waals surface area contributed by atoms with E-state index >= 15 is 0 Å². The highest BCUT2D eigenvalue weighted by Crippen LogP contribution is 2.38. The molecule has 32 heavy (non-hydrogen) atoms. The molecule has 164 valence electrons. The number of carbonyl (C=O) groups excluding carboxylic acids is 1. The van der Waals surface area contributed by atoms with Gasteiger partial charge in [-0.05, 0) is 48.9 Å². The Hall–Kier alpha value is -3.65. The zero-order valence-electron chi connectivity index (χ0n) is 18.3. The van der Waals surface area contributed by atoms with Crippen LogP contribution in [0.4, 0.5) is 5.13 Å². The lowest BCUT2D eigenvalue weighted by Gasteiger charge is -2.21. The summed E-state index contributed by atoms with van der Waals surface area (Å²) in [6.07, 6.45) is 1.70. The first-order chi connectivity index (χ1) is 15.5. The van der Waals surface area contributed by atoms with Gasteiger partial charge in [-0.15, -0.1) is 0 Å². The quantitative estimate of drug-likeness (QED) is 0.401. The van der Waals surface area contributed by atoms with Crippen molar-refractivity contribution in [3.8, 4) is 17.2 Å². The molecule has 0 fully saturated rings. The van der Waals surface area contributed by atoms with Gasteiger partial charge in [-0.3, -0.25) is 14.7 Å². The number of ether oxygens (including phenoxy) is 3. The van der Waals surface area contributed by atoms with Crippen LogP contribution in [-0.2, 0) is 6.54 Å². The molecule has 0 saturated heterocycles. The topological polar surface area (TPSA) is 73.8 Å². The summed E-state index contributed by atoms with van der Waals surface area (Å²) in [5.74, 6) is 1.42. The van der Waals surface area contributed by atoms with Crippen LogP contribution >= 0.6 is 11.3 Å². The fourth-order valence-corrected chi connectivity index (χ4v) is 4.43. The number of hydrogen-bond acceptors (Lipinski definition) is 7. The van der Waals surface area contributed by atoms with Gasteiger partial charge in [0.05, 0.1) is 43.8 Å². The zero-order valence-corrected chi connectivity index (χ0v) is 19.1. The van der Waals surface area contributed by atoms with Gasteiger partial charge in [-0.1, -0.05) is 23.5 Å². The third kappa shape index (κ3) is 4.09. The highest BCUT2D eigenvalue weighted by molar-refractivity contribution is 7.22. The van der Waals surface area contributed by atoms with Crippen molar-refractivity contribution in [1.29, 1.82) is 0 Å². The van der Waals surface area contributed by atoms with Crippen LogP contribution in [0.25, 0.3) is 10.2 Å². The SMILES string of the molecule is COc1ccc(OC)c(C(=O)N(Cc2ccccn2)c2nc3c(OC)ccc(C)c3s2)c1. The van der Waals surface area contributed by atoms with E-state index in [0.717, 1.165) is 21.5 Å². The standard InChI is InChI=1S/C24H23N3O4S/c1-15-8-10-20(31-4)21-22(15)32-24(26-21)27(14-16-7-5-6-12-25-16)23(28)18-13-17(29-2)9-11-19(18)30-3/h5-13H,14H2,1-4H3. The molecule has 2 aromatic heterocycles. The largest absolute Gasteiger partial charge is 0.497 e. The summed E-state index contributed by atoms with van der Waals surface area (Å²) < 4.78 is 17.3. The Morgan fingerprint density at radius 2 is 1.78 bits per heavy atom. The minimum Gasteiger partial charge on any atom is -0.497 e. The molecule has 0 saturated carbocycles. The van der Waals surface area contributed by atoms with Gasteiger partial charge in [0, 0.05) is 6.20 Å². The molecule has 4 rings (SSSR count). The van der Waals surface area contributed by atoms with Crippen molar-refractivity contribution in [2.45, 2.75) is 13.5 Å². The van der Waals surface area contributed by atoms with Gasteiger partial charge >= 0.3 is 0 Å². The van der Waals surface area contributed by atoms with Crippen LogP contribution in [0.2, 0.25) is 0 Å². The number of amides is 1. The van der Waals surface area contributed by atoms with Gasteiger partial charge < -0.3 is 14.2 Å². The first kappa shape index (κ1) is 21.6. The van der Waals surface area contributed by atoms with Gasteiger partial charge in [0.25, 0.3) is 5.91 Å². The number of fused-ring (bicyclic) bond motifs is 1. The maximum absolute atomic E-state index is 13.8. The van der Waals surface area contributed by atoms with Crippen LogP contribution in [0.3, 0.4) is 0 Å². The Labute approximate surface area is 190 Å². The number of thiazole rings is 1. The molecule has 1 amide bonds. The lowest BCUT2D eigenvalue weighted by Crippen LogP contribution is -2.31. The van der Waals surface area contributed by atoms with Crippen LogP contribution in [0.15, 0.2) is 54.7 Å². The van der Waals surface area contributed by atoms with E-state index in [1.807, 2.05) is 37.3 Å². The maximum atomic E-state index is 13.8. The highest BCUT2D eigenvalue weighted by Gasteiger charge is 2.26. The molecule has 2 heterocycles. The van der Waals surface area contributed by atoms with Gasteiger partial charge in [0.2, 0.25) is 0 Å². The van der Waals surface area contributed by atoms with Crippen molar-refractivity contribution < 1.29 is 19.0 Å². The number of benzene rings is 2. The molecule has 0 unspecified atom stereocenters. The van der Waals surface area contributed by atoms with Crippen LogP contribution in [0.5, 0.6) is 17.2 Å². The van der Waals surface area contributed by atoms with E-state index in [4.69, 9.17) is 19.2 Å². The Morgan fingerprint density at radius 3 is 2.47 bits per heavy atom. The van der Waals surface area contributed by atoms with Crippen LogP contribution in [-0.4, -0.2) is 37.2 Å². The molecular formula is C24H23N3O4S. The molecular weight excluding hydrogens is 426 g/mol. The summed E-state index contributed by atoms with van der Waals surface area (Å²) in [5.41, 5.74) is 2.91. The van der Waals surface area contributed by atoms with Crippen molar-refractivity contribution in [3.05, 3.63) is 71.5 Å². The third-order valence-corrected chi connectivity index (χ3v) is 6.29. The fourth-order valence-electron chi connectivity index (χ4n) is 3.39. The first-order valence-corrected chi connectivity index (χ1v) is 10.7. The molecule has 0 spiro atoms. The van der Waals surface area contributed by atoms with E-state index in [9.17, 15) is 4.79 Å². The number of carbonyl (C=O) groups is 1. The number of pyridine rings is 1. The molecule has 0 aliphatic rings. The molecule has 0 aliphatic heterocycles. The molecule has 4 aromatic rings. The Morgan fingerprint density at radius 1 is 1.00 bits per heavy atom. The van der Waals surface area contributed by atoms with Crippen molar-refractivity contribution >= 4 is 32.6 Å².